The largest absolute Gasteiger partial charge is 0.497 e. The molecule has 2 rings (SSSR count). The Labute approximate surface area is 176 Å². The van der Waals surface area contributed by atoms with Crippen molar-refractivity contribution in [2.75, 3.05) is 20.8 Å². The molecule has 0 fully saturated rings. The molecule has 0 aromatic heterocycles. The molecule has 0 atom stereocenters. The lowest BCUT2D eigenvalue weighted by molar-refractivity contribution is -0.123. The quantitative estimate of drug-likeness (QED) is 0.406. The molecule has 0 aliphatic heterocycles. The molecule has 26 heavy (non-hydrogen) atoms. The zero-order valence-electron chi connectivity index (χ0n) is 13.9. The van der Waals surface area contributed by atoms with E-state index in [4.69, 9.17) is 14.2 Å². The number of halogens is 3. The Kier molecular flexibility index (Phi) is 7.92. The molecule has 0 heterocycles. The number of carbonyl (C=O) groups excluding carboxylic acids is 1. The molecular weight excluding hydrogens is 536 g/mol. The Morgan fingerprint density at radius 1 is 1.12 bits per heavy atom. The lowest BCUT2D eigenvalue weighted by atomic mass is 10.2. The molecule has 0 bridgehead atoms. The van der Waals surface area contributed by atoms with Crippen LogP contribution >= 0.6 is 47.8 Å². The Morgan fingerprint density at radius 2 is 1.88 bits per heavy atom. The lowest BCUT2D eigenvalue weighted by Gasteiger charge is -2.09. The number of amides is 1. The summed E-state index contributed by atoms with van der Waals surface area (Å²) in [6.45, 7) is -0.179. The second kappa shape index (κ2) is 9.94. The van der Waals surface area contributed by atoms with Crippen molar-refractivity contribution in [3.8, 4) is 17.2 Å². The van der Waals surface area contributed by atoms with Crippen LogP contribution in [0, 0.1) is 0 Å². The van der Waals surface area contributed by atoms with Gasteiger partial charge in [-0.2, -0.15) is 5.10 Å². The number of methoxy groups -OCH3 is 2. The van der Waals surface area contributed by atoms with Crippen molar-refractivity contribution in [3.63, 3.8) is 0 Å². The number of ether oxygens (including phenoxy) is 3. The Balaban J connectivity index is 1.94. The van der Waals surface area contributed by atoms with E-state index in [1.165, 1.54) is 6.21 Å². The van der Waals surface area contributed by atoms with Crippen molar-refractivity contribution in [2.24, 2.45) is 5.10 Å². The second-order valence-corrected chi connectivity index (χ2v) is 7.51. The molecule has 0 saturated carbocycles. The molecular formula is C17H15Br3N2O4. The number of hydrogen-bond donors (Lipinski definition) is 1. The minimum atomic E-state index is -0.392. The molecule has 9 heteroatoms. The summed E-state index contributed by atoms with van der Waals surface area (Å²) < 4.78 is 18.2. The monoisotopic (exact) mass is 548 g/mol. The van der Waals surface area contributed by atoms with E-state index in [2.05, 4.69) is 58.3 Å². The fourth-order valence-corrected chi connectivity index (χ4v) is 3.86. The standard InChI is InChI=1S/C17H15Br3N2O4/c1-24-12-3-4-15(13(19)7-12)26-9-16(23)22-21-8-10-5-11(18)6-14(20)17(10)25-2/h3-8H,9H2,1-2H3,(H,22,23)/b21-8+. The Hall–Kier alpha value is -1.58. The average molecular weight is 551 g/mol. The zero-order chi connectivity index (χ0) is 19.1. The third-order valence-corrected chi connectivity index (χ3v) is 4.80. The van der Waals surface area contributed by atoms with Gasteiger partial charge in [-0.25, -0.2) is 5.43 Å². The van der Waals surface area contributed by atoms with Gasteiger partial charge in [-0.3, -0.25) is 4.79 Å². The van der Waals surface area contributed by atoms with E-state index >= 15 is 0 Å². The van der Waals surface area contributed by atoms with Crippen LogP contribution in [-0.2, 0) is 4.79 Å². The van der Waals surface area contributed by atoms with E-state index in [9.17, 15) is 4.79 Å². The predicted molar refractivity (Wildman–Crippen MR) is 110 cm³/mol. The Morgan fingerprint density at radius 3 is 2.54 bits per heavy atom. The lowest BCUT2D eigenvalue weighted by Crippen LogP contribution is -2.24. The van der Waals surface area contributed by atoms with Crippen molar-refractivity contribution in [2.45, 2.75) is 0 Å². The van der Waals surface area contributed by atoms with Gasteiger partial charge in [-0.15, -0.1) is 0 Å². The topological polar surface area (TPSA) is 69.2 Å². The minimum Gasteiger partial charge on any atom is -0.497 e. The minimum absolute atomic E-state index is 0.179. The highest BCUT2D eigenvalue weighted by Crippen LogP contribution is 2.31. The normalized spacial score (nSPS) is 10.7. The van der Waals surface area contributed by atoms with Gasteiger partial charge in [0, 0.05) is 10.0 Å². The van der Waals surface area contributed by atoms with Crippen LogP contribution in [0.3, 0.4) is 0 Å². The van der Waals surface area contributed by atoms with Gasteiger partial charge < -0.3 is 14.2 Å². The highest BCUT2D eigenvalue weighted by Gasteiger charge is 2.09. The maximum atomic E-state index is 11.9. The molecule has 2 aromatic rings. The number of benzene rings is 2. The number of carbonyl (C=O) groups is 1. The first-order chi connectivity index (χ1) is 12.4. The molecule has 0 unspecified atom stereocenters. The molecule has 0 aliphatic carbocycles. The molecule has 138 valence electrons. The molecule has 1 N–H and O–H groups in total. The summed E-state index contributed by atoms with van der Waals surface area (Å²) in [6.07, 6.45) is 1.50. The zero-order valence-corrected chi connectivity index (χ0v) is 18.6. The van der Waals surface area contributed by atoms with E-state index in [0.717, 1.165) is 8.95 Å². The summed E-state index contributed by atoms with van der Waals surface area (Å²) >= 11 is 10.2. The smallest absolute Gasteiger partial charge is 0.277 e. The number of rotatable bonds is 7. The van der Waals surface area contributed by atoms with E-state index in [1.807, 2.05) is 12.1 Å². The van der Waals surface area contributed by atoms with Crippen LogP contribution in [0.4, 0.5) is 0 Å². The molecule has 1 amide bonds. The summed E-state index contributed by atoms with van der Waals surface area (Å²) in [4.78, 5) is 11.9. The van der Waals surface area contributed by atoms with E-state index < -0.39 is 5.91 Å². The van der Waals surface area contributed by atoms with Crippen LogP contribution < -0.4 is 19.6 Å². The van der Waals surface area contributed by atoms with Crippen molar-refractivity contribution >= 4 is 59.9 Å². The van der Waals surface area contributed by atoms with Gasteiger partial charge in [-0.05, 0) is 62.2 Å². The third-order valence-electron chi connectivity index (χ3n) is 3.13. The third kappa shape index (κ3) is 5.72. The van der Waals surface area contributed by atoms with E-state index in [-0.39, 0.29) is 6.61 Å². The number of nitrogens with one attached hydrogen (secondary N) is 1. The van der Waals surface area contributed by atoms with Crippen molar-refractivity contribution in [1.82, 2.24) is 5.43 Å². The first kappa shape index (κ1) is 20.7. The van der Waals surface area contributed by atoms with Crippen molar-refractivity contribution in [1.29, 1.82) is 0 Å². The highest BCUT2D eigenvalue weighted by molar-refractivity contribution is 9.11. The van der Waals surface area contributed by atoms with E-state index in [1.54, 1.807) is 32.4 Å². The summed E-state index contributed by atoms with van der Waals surface area (Å²) in [5.41, 5.74) is 3.11. The maximum absolute atomic E-state index is 11.9. The van der Waals surface area contributed by atoms with Gasteiger partial charge >= 0.3 is 0 Å². The van der Waals surface area contributed by atoms with Gasteiger partial charge in [0.2, 0.25) is 0 Å². The first-order valence-electron chi connectivity index (χ1n) is 7.26. The first-order valence-corrected chi connectivity index (χ1v) is 9.63. The molecule has 0 aliphatic rings. The van der Waals surface area contributed by atoms with Gasteiger partial charge in [0.25, 0.3) is 5.91 Å². The van der Waals surface area contributed by atoms with E-state index in [0.29, 0.717) is 27.3 Å². The summed E-state index contributed by atoms with van der Waals surface area (Å²) in [7, 11) is 3.14. The number of nitrogens with zero attached hydrogens (tertiary/aromatic N) is 1. The van der Waals surface area contributed by atoms with Gasteiger partial charge in [0.05, 0.1) is 29.4 Å². The van der Waals surface area contributed by atoms with Crippen molar-refractivity contribution < 1.29 is 19.0 Å². The van der Waals surface area contributed by atoms with Gasteiger partial charge in [-0.1, -0.05) is 15.9 Å². The predicted octanol–water partition coefficient (Wildman–Crippen LogP) is 4.52. The highest BCUT2D eigenvalue weighted by atomic mass is 79.9. The van der Waals surface area contributed by atoms with Gasteiger partial charge in [0.1, 0.15) is 17.2 Å². The molecule has 2 aromatic carbocycles. The fraction of sp³-hybridized carbons (Fsp3) is 0.176. The van der Waals surface area contributed by atoms with Crippen LogP contribution in [-0.4, -0.2) is 32.9 Å². The van der Waals surface area contributed by atoms with Crippen LogP contribution in [0.5, 0.6) is 17.2 Å². The molecule has 0 spiro atoms. The van der Waals surface area contributed by atoms with Crippen molar-refractivity contribution in [3.05, 3.63) is 49.3 Å². The molecule has 6 nitrogen and oxygen atoms in total. The molecule has 0 saturated heterocycles. The van der Waals surface area contributed by atoms with Crippen LogP contribution in [0.15, 0.2) is 48.9 Å². The Bertz CT molecular complexity index is 828. The fourth-order valence-electron chi connectivity index (χ4n) is 1.97. The number of hydrogen-bond acceptors (Lipinski definition) is 5. The SMILES string of the molecule is COc1ccc(OCC(=O)N/N=C/c2cc(Br)cc(Br)c2OC)c(Br)c1. The van der Waals surface area contributed by atoms with Crippen LogP contribution in [0.1, 0.15) is 5.56 Å². The van der Waals surface area contributed by atoms with Crippen LogP contribution in [0.2, 0.25) is 0 Å². The van der Waals surface area contributed by atoms with Gasteiger partial charge in [0.15, 0.2) is 6.61 Å². The average Bonchev–Trinajstić information content (AvgIpc) is 2.60. The summed E-state index contributed by atoms with van der Waals surface area (Å²) in [5.74, 6) is 1.44. The second-order valence-electron chi connectivity index (χ2n) is 4.89. The summed E-state index contributed by atoms with van der Waals surface area (Å²) in [6, 6.07) is 8.89. The van der Waals surface area contributed by atoms with Crippen LogP contribution in [0.25, 0.3) is 0 Å². The number of hydrazone groups is 1. The summed E-state index contributed by atoms with van der Waals surface area (Å²) in [5, 5.41) is 3.94. The maximum Gasteiger partial charge on any atom is 0.277 e. The molecule has 0 radical (unpaired) electrons.